The number of carbonyl (C=O) groups excluding carboxylic acids is 3. The maximum Gasteiger partial charge on any atom is 0.262 e. The lowest BCUT2D eigenvalue weighted by Gasteiger charge is -2.22. The van der Waals surface area contributed by atoms with Crippen molar-refractivity contribution in [3.05, 3.63) is 48.0 Å². The Kier molecular flexibility index (Phi) is 6.80. The topological polar surface area (TPSA) is 134 Å². The van der Waals surface area contributed by atoms with Crippen LogP contribution in [0.4, 0.5) is 11.4 Å². The predicted octanol–water partition coefficient (Wildman–Crippen LogP) is 1.47. The first-order valence-corrected chi connectivity index (χ1v) is 11.2. The zero-order chi connectivity index (χ0) is 23.5. The number of nitrogens with zero attached hydrogens (tertiary/aromatic N) is 1. The zero-order valence-corrected chi connectivity index (χ0v) is 18.7. The third kappa shape index (κ3) is 5.42. The molecule has 2 aromatic carbocycles. The van der Waals surface area contributed by atoms with E-state index in [1.54, 1.807) is 25.1 Å². The Morgan fingerprint density at radius 2 is 1.88 bits per heavy atom. The molecule has 3 amide bonds. The molecule has 1 aliphatic heterocycles. The number of likely N-dealkylation sites (N-methyl/N-ethyl adjacent to an activating group) is 1. The summed E-state index contributed by atoms with van der Waals surface area (Å²) in [6, 6.07) is 10.4. The molecule has 2 aromatic rings. The van der Waals surface area contributed by atoms with Crippen molar-refractivity contribution < 1.29 is 27.5 Å². The second kappa shape index (κ2) is 9.37. The Balaban J connectivity index is 1.63. The van der Waals surface area contributed by atoms with Crippen molar-refractivity contribution >= 4 is 39.1 Å². The first kappa shape index (κ1) is 23.2. The van der Waals surface area contributed by atoms with Crippen LogP contribution in [-0.2, 0) is 24.4 Å². The summed E-state index contributed by atoms with van der Waals surface area (Å²) in [5, 5.41) is 8.02. The van der Waals surface area contributed by atoms with Crippen LogP contribution < -0.4 is 20.7 Å². The van der Waals surface area contributed by atoms with E-state index in [2.05, 4.69) is 16.0 Å². The molecular weight excluding hydrogens is 436 g/mol. The van der Waals surface area contributed by atoms with Gasteiger partial charge < -0.3 is 20.7 Å². The van der Waals surface area contributed by atoms with Crippen LogP contribution in [0, 0.1) is 0 Å². The van der Waals surface area contributed by atoms with E-state index in [0.717, 1.165) is 9.87 Å². The molecule has 0 saturated carbocycles. The van der Waals surface area contributed by atoms with Gasteiger partial charge in [-0.3, -0.25) is 14.4 Å². The summed E-state index contributed by atoms with van der Waals surface area (Å²) in [5.74, 6) is -0.473. The Morgan fingerprint density at radius 3 is 2.53 bits per heavy atom. The number of hydrogen-bond acceptors (Lipinski definition) is 6. The van der Waals surface area contributed by atoms with Crippen molar-refractivity contribution in [1.82, 2.24) is 9.62 Å². The summed E-state index contributed by atoms with van der Waals surface area (Å²) in [6.07, 6.45) is 0. The molecule has 0 aliphatic carbocycles. The molecule has 0 radical (unpaired) electrons. The molecule has 32 heavy (non-hydrogen) atoms. The van der Waals surface area contributed by atoms with Crippen LogP contribution in [0.25, 0.3) is 0 Å². The third-order valence-corrected chi connectivity index (χ3v) is 6.58. The number of fused-ring (bicyclic) bond motifs is 1. The molecule has 0 bridgehead atoms. The predicted molar refractivity (Wildman–Crippen MR) is 118 cm³/mol. The Labute approximate surface area is 186 Å². The lowest BCUT2D eigenvalue weighted by atomic mass is 10.1. The molecule has 3 rings (SSSR count). The summed E-state index contributed by atoms with van der Waals surface area (Å²) in [6.45, 7) is 2.67. The van der Waals surface area contributed by atoms with Crippen molar-refractivity contribution in [2.75, 3.05) is 30.8 Å². The Hall–Kier alpha value is -3.44. The zero-order valence-electron chi connectivity index (χ0n) is 17.8. The minimum atomic E-state index is -3.90. The minimum Gasteiger partial charge on any atom is -0.482 e. The summed E-state index contributed by atoms with van der Waals surface area (Å²) < 4.78 is 31.8. The number of benzene rings is 2. The van der Waals surface area contributed by atoms with E-state index in [1.165, 1.54) is 38.2 Å². The number of carbonyl (C=O) groups is 3. The van der Waals surface area contributed by atoms with E-state index in [4.69, 9.17) is 4.74 Å². The van der Waals surface area contributed by atoms with Gasteiger partial charge in [0.15, 0.2) is 6.61 Å². The Bertz CT molecular complexity index is 1150. The summed E-state index contributed by atoms with van der Waals surface area (Å²) in [7, 11) is -2.59. The summed E-state index contributed by atoms with van der Waals surface area (Å²) in [4.78, 5) is 35.1. The van der Waals surface area contributed by atoms with Crippen LogP contribution in [-0.4, -0.2) is 50.6 Å². The number of amides is 3. The average molecular weight is 461 g/mol. The molecule has 1 heterocycles. The van der Waals surface area contributed by atoms with Gasteiger partial charge >= 0.3 is 0 Å². The van der Waals surface area contributed by atoms with Crippen LogP contribution in [0.2, 0.25) is 0 Å². The SMILES string of the molecule is CC(=O)Nc1ccc(S(=O)(=O)N(C)CC(=O)NC(C)c2ccc3c(c2)NC(=O)CO3)cc1. The quantitative estimate of drug-likeness (QED) is 0.573. The smallest absolute Gasteiger partial charge is 0.262 e. The maximum absolute atomic E-state index is 12.8. The monoisotopic (exact) mass is 460 g/mol. The van der Waals surface area contributed by atoms with Crippen LogP contribution in [0.3, 0.4) is 0 Å². The first-order valence-electron chi connectivity index (χ1n) is 9.76. The molecule has 0 saturated heterocycles. The molecule has 1 unspecified atom stereocenters. The van der Waals surface area contributed by atoms with Gasteiger partial charge in [0.25, 0.3) is 5.91 Å². The van der Waals surface area contributed by atoms with Gasteiger partial charge in [0, 0.05) is 19.7 Å². The molecule has 0 fully saturated rings. The summed E-state index contributed by atoms with van der Waals surface area (Å²) in [5.41, 5.74) is 1.71. The van der Waals surface area contributed by atoms with Crippen LogP contribution in [0.5, 0.6) is 5.75 Å². The van der Waals surface area contributed by atoms with Gasteiger partial charge in [0.05, 0.1) is 23.2 Å². The standard InChI is InChI=1S/C21H24N4O6S/c1-13(15-4-9-19-18(10-15)24-21(28)12-31-19)22-20(27)11-25(3)32(29,30)17-7-5-16(6-8-17)23-14(2)26/h4-10,13H,11-12H2,1-3H3,(H,22,27)(H,23,26)(H,24,28). The molecule has 1 atom stereocenters. The highest BCUT2D eigenvalue weighted by molar-refractivity contribution is 7.89. The third-order valence-electron chi connectivity index (χ3n) is 4.76. The number of nitrogens with one attached hydrogen (secondary N) is 3. The molecule has 170 valence electrons. The van der Waals surface area contributed by atoms with Crippen LogP contribution in [0.1, 0.15) is 25.5 Å². The highest BCUT2D eigenvalue weighted by Gasteiger charge is 2.24. The van der Waals surface area contributed by atoms with Crippen molar-refractivity contribution in [2.24, 2.45) is 0 Å². The normalized spacial score (nSPS) is 14.1. The van der Waals surface area contributed by atoms with Crippen molar-refractivity contribution in [3.63, 3.8) is 0 Å². The molecular formula is C21H24N4O6S. The fourth-order valence-electron chi connectivity index (χ4n) is 3.12. The van der Waals surface area contributed by atoms with Gasteiger partial charge in [-0.2, -0.15) is 4.31 Å². The van der Waals surface area contributed by atoms with Crippen molar-refractivity contribution in [2.45, 2.75) is 24.8 Å². The molecule has 1 aliphatic rings. The van der Waals surface area contributed by atoms with Crippen molar-refractivity contribution in [1.29, 1.82) is 0 Å². The van der Waals surface area contributed by atoms with E-state index >= 15 is 0 Å². The van der Waals surface area contributed by atoms with Gasteiger partial charge in [-0.15, -0.1) is 0 Å². The van der Waals surface area contributed by atoms with Crippen LogP contribution >= 0.6 is 0 Å². The van der Waals surface area contributed by atoms with E-state index in [0.29, 0.717) is 17.1 Å². The molecule has 3 N–H and O–H groups in total. The molecule has 0 aromatic heterocycles. The number of sulfonamides is 1. The van der Waals surface area contributed by atoms with Gasteiger partial charge in [-0.05, 0) is 48.9 Å². The summed E-state index contributed by atoms with van der Waals surface area (Å²) >= 11 is 0. The largest absolute Gasteiger partial charge is 0.482 e. The second-order valence-electron chi connectivity index (χ2n) is 7.35. The van der Waals surface area contributed by atoms with Crippen molar-refractivity contribution in [3.8, 4) is 5.75 Å². The second-order valence-corrected chi connectivity index (χ2v) is 9.39. The highest BCUT2D eigenvalue weighted by Crippen LogP contribution is 2.30. The van der Waals surface area contributed by atoms with E-state index < -0.39 is 22.0 Å². The lowest BCUT2D eigenvalue weighted by molar-refractivity contribution is -0.122. The fourth-order valence-corrected chi connectivity index (χ4v) is 4.25. The molecule has 0 spiro atoms. The van der Waals surface area contributed by atoms with Gasteiger partial charge in [0.2, 0.25) is 21.8 Å². The minimum absolute atomic E-state index is 0.000351. The average Bonchev–Trinajstić information content (AvgIpc) is 2.72. The number of hydrogen-bond donors (Lipinski definition) is 3. The lowest BCUT2D eigenvalue weighted by Crippen LogP contribution is -2.39. The molecule has 10 nitrogen and oxygen atoms in total. The van der Waals surface area contributed by atoms with Crippen LogP contribution in [0.15, 0.2) is 47.4 Å². The first-order chi connectivity index (χ1) is 15.1. The highest BCUT2D eigenvalue weighted by atomic mass is 32.2. The van der Waals surface area contributed by atoms with E-state index in [1.807, 2.05) is 0 Å². The fraction of sp³-hybridized carbons (Fsp3) is 0.286. The Morgan fingerprint density at radius 1 is 1.19 bits per heavy atom. The van der Waals surface area contributed by atoms with Gasteiger partial charge in [-0.25, -0.2) is 8.42 Å². The number of anilines is 2. The number of ether oxygens (including phenoxy) is 1. The van der Waals surface area contributed by atoms with Gasteiger partial charge in [0.1, 0.15) is 5.75 Å². The number of rotatable bonds is 7. The molecule has 11 heteroatoms. The van der Waals surface area contributed by atoms with Gasteiger partial charge in [-0.1, -0.05) is 6.07 Å². The van der Waals surface area contributed by atoms with E-state index in [-0.39, 0.29) is 29.9 Å². The van der Waals surface area contributed by atoms with E-state index in [9.17, 15) is 22.8 Å². The maximum atomic E-state index is 12.8.